The van der Waals surface area contributed by atoms with Crippen LogP contribution in [0.15, 0.2) is 23.6 Å². The number of aromatic nitrogens is 1. The number of nitrogens with zero attached hydrogens (tertiary/aromatic N) is 2. The predicted molar refractivity (Wildman–Crippen MR) is 99.8 cm³/mol. The number of anilines is 1. The molecular weight excluding hydrogens is 358 g/mol. The molecular formula is C17H21N3O3S2. The Balaban J connectivity index is 1.68. The van der Waals surface area contributed by atoms with Gasteiger partial charge in [0.1, 0.15) is 0 Å². The third-order valence-electron chi connectivity index (χ3n) is 4.19. The second kappa shape index (κ2) is 6.76. The Morgan fingerprint density at radius 2 is 2.20 bits per heavy atom. The fourth-order valence-corrected chi connectivity index (χ4v) is 5.09. The van der Waals surface area contributed by atoms with Gasteiger partial charge in [0.15, 0.2) is 0 Å². The van der Waals surface area contributed by atoms with E-state index in [9.17, 15) is 13.2 Å². The molecule has 2 heterocycles. The molecule has 0 saturated heterocycles. The van der Waals surface area contributed by atoms with Gasteiger partial charge in [-0.25, -0.2) is 13.4 Å². The Bertz CT molecular complexity index is 906. The third kappa shape index (κ3) is 3.85. The topological polar surface area (TPSA) is 79.4 Å². The van der Waals surface area contributed by atoms with Gasteiger partial charge in [0.2, 0.25) is 10.0 Å². The van der Waals surface area contributed by atoms with E-state index >= 15 is 0 Å². The largest absolute Gasteiger partial charge is 0.352 e. The van der Waals surface area contributed by atoms with Crippen molar-refractivity contribution >= 4 is 33.0 Å². The summed E-state index contributed by atoms with van der Waals surface area (Å²) >= 11 is 1.60. The first-order chi connectivity index (χ1) is 11.8. The maximum Gasteiger partial charge on any atom is 0.251 e. The number of nitrogens with one attached hydrogen (secondary N) is 1. The van der Waals surface area contributed by atoms with E-state index in [1.54, 1.807) is 29.5 Å². The zero-order chi connectivity index (χ0) is 18.2. The minimum Gasteiger partial charge on any atom is -0.352 e. The molecule has 6 nitrogen and oxygen atoms in total. The third-order valence-corrected chi connectivity index (χ3v) is 6.28. The van der Waals surface area contributed by atoms with Crippen LogP contribution in [0.5, 0.6) is 0 Å². The van der Waals surface area contributed by atoms with Crippen LogP contribution in [0, 0.1) is 6.92 Å². The highest BCUT2D eigenvalue weighted by molar-refractivity contribution is 7.92. The highest BCUT2D eigenvalue weighted by Crippen LogP contribution is 2.34. The first-order valence-corrected chi connectivity index (χ1v) is 10.8. The summed E-state index contributed by atoms with van der Waals surface area (Å²) in [5, 5.41) is 5.91. The molecule has 1 amide bonds. The number of aryl methyl sites for hydroxylation is 1. The van der Waals surface area contributed by atoms with Crippen LogP contribution < -0.4 is 9.62 Å². The van der Waals surface area contributed by atoms with Crippen molar-refractivity contribution in [3.8, 4) is 0 Å². The molecule has 0 fully saturated rings. The number of hydrogen-bond acceptors (Lipinski definition) is 5. The van der Waals surface area contributed by atoms with Gasteiger partial charge in [-0.05, 0) is 44.0 Å². The van der Waals surface area contributed by atoms with E-state index in [-0.39, 0.29) is 11.9 Å². The average Bonchev–Trinajstić information content (AvgIpc) is 3.07. The first kappa shape index (κ1) is 17.9. The van der Waals surface area contributed by atoms with Gasteiger partial charge in [-0.2, -0.15) is 0 Å². The van der Waals surface area contributed by atoms with Gasteiger partial charge in [-0.3, -0.25) is 9.10 Å². The van der Waals surface area contributed by atoms with Crippen LogP contribution in [0.25, 0.3) is 0 Å². The lowest BCUT2D eigenvalue weighted by molar-refractivity contribution is 0.0954. The van der Waals surface area contributed by atoms with E-state index < -0.39 is 10.0 Å². The molecule has 1 aliphatic rings. The molecule has 0 bridgehead atoms. The Morgan fingerprint density at radius 1 is 1.44 bits per heavy atom. The molecule has 0 spiro atoms. The van der Waals surface area contributed by atoms with Crippen molar-refractivity contribution < 1.29 is 13.2 Å². The lowest BCUT2D eigenvalue weighted by Gasteiger charge is -2.21. The van der Waals surface area contributed by atoms with E-state index in [0.717, 1.165) is 16.3 Å². The molecule has 8 heteroatoms. The molecule has 1 atom stereocenters. The van der Waals surface area contributed by atoms with Gasteiger partial charge < -0.3 is 5.32 Å². The summed E-state index contributed by atoms with van der Waals surface area (Å²) in [5.41, 5.74) is 3.09. The molecule has 1 aromatic heterocycles. The molecule has 1 aromatic carbocycles. The summed E-state index contributed by atoms with van der Waals surface area (Å²) in [6, 6.07) is 5.06. The van der Waals surface area contributed by atoms with Crippen LogP contribution in [-0.2, 0) is 22.9 Å². The summed E-state index contributed by atoms with van der Waals surface area (Å²) in [4.78, 5) is 16.7. The van der Waals surface area contributed by atoms with Crippen molar-refractivity contribution in [2.75, 3.05) is 17.1 Å². The van der Waals surface area contributed by atoms with Crippen LogP contribution in [0.4, 0.5) is 5.69 Å². The maximum absolute atomic E-state index is 12.3. The maximum atomic E-state index is 12.3. The summed E-state index contributed by atoms with van der Waals surface area (Å²) in [6.45, 7) is 4.35. The smallest absolute Gasteiger partial charge is 0.251 e. The molecule has 1 N–H and O–H groups in total. The number of rotatable bonds is 5. The summed E-state index contributed by atoms with van der Waals surface area (Å²) < 4.78 is 25.3. The Morgan fingerprint density at radius 3 is 2.84 bits per heavy atom. The molecule has 0 aliphatic carbocycles. The van der Waals surface area contributed by atoms with Crippen LogP contribution in [0.1, 0.15) is 33.5 Å². The van der Waals surface area contributed by atoms with Crippen molar-refractivity contribution in [2.45, 2.75) is 32.7 Å². The number of thiazole rings is 1. The predicted octanol–water partition coefficient (Wildman–Crippen LogP) is 2.13. The lowest BCUT2D eigenvalue weighted by Crippen LogP contribution is -2.34. The normalized spacial score (nSPS) is 16.8. The summed E-state index contributed by atoms with van der Waals surface area (Å²) in [5.74, 6) is -0.153. The van der Waals surface area contributed by atoms with Crippen molar-refractivity contribution in [2.24, 2.45) is 0 Å². The molecule has 134 valence electrons. The van der Waals surface area contributed by atoms with Gasteiger partial charge in [-0.1, -0.05) is 0 Å². The van der Waals surface area contributed by atoms with Crippen molar-refractivity contribution in [3.05, 3.63) is 45.4 Å². The van der Waals surface area contributed by atoms with E-state index in [4.69, 9.17) is 0 Å². The molecule has 0 radical (unpaired) electrons. The van der Waals surface area contributed by atoms with Crippen molar-refractivity contribution in [1.82, 2.24) is 10.3 Å². The monoisotopic (exact) mass is 379 g/mol. The van der Waals surface area contributed by atoms with Gasteiger partial charge in [0, 0.05) is 30.0 Å². The van der Waals surface area contributed by atoms with Gasteiger partial charge in [0.25, 0.3) is 5.91 Å². The second-order valence-corrected chi connectivity index (χ2v) is 9.24. The SMILES string of the molecule is Cc1nc(CCNC(=O)c2ccc3c(c2)C[C@@H](C)N3S(C)(=O)=O)cs1. The van der Waals surface area contributed by atoms with E-state index in [2.05, 4.69) is 10.3 Å². The Kier molecular flexibility index (Phi) is 4.83. The number of hydrogen-bond donors (Lipinski definition) is 1. The van der Waals surface area contributed by atoms with Gasteiger partial charge in [-0.15, -0.1) is 11.3 Å². The number of sulfonamides is 1. The minimum atomic E-state index is -3.31. The summed E-state index contributed by atoms with van der Waals surface area (Å²) in [7, 11) is -3.31. The summed E-state index contributed by atoms with van der Waals surface area (Å²) in [6.07, 6.45) is 2.51. The van der Waals surface area contributed by atoms with Crippen LogP contribution in [0.2, 0.25) is 0 Å². The highest BCUT2D eigenvalue weighted by atomic mass is 32.2. The highest BCUT2D eigenvalue weighted by Gasteiger charge is 2.32. The van der Waals surface area contributed by atoms with Crippen molar-refractivity contribution in [3.63, 3.8) is 0 Å². The zero-order valence-electron chi connectivity index (χ0n) is 14.4. The number of carbonyl (C=O) groups is 1. The minimum absolute atomic E-state index is 0.129. The molecule has 25 heavy (non-hydrogen) atoms. The van der Waals surface area contributed by atoms with Gasteiger partial charge >= 0.3 is 0 Å². The lowest BCUT2D eigenvalue weighted by atomic mass is 10.1. The van der Waals surface area contributed by atoms with Crippen LogP contribution in [-0.4, -0.2) is 38.2 Å². The number of amides is 1. The molecule has 2 aromatic rings. The van der Waals surface area contributed by atoms with E-state index in [1.165, 1.54) is 10.6 Å². The quantitative estimate of drug-likeness (QED) is 0.863. The molecule has 0 saturated carbocycles. The average molecular weight is 380 g/mol. The Labute approximate surface area is 151 Å². The van der Waals surface area contributed by atoms with Crippen molar-refractivity contribution in [1.29, 1.82) is 0 Å². The molecule has 1 aliphatic heterocycles. The van der Waals surface area contributed by atoms with E-state index in [0.29, 0.717) is 30.6 Å². The number of benzene rings is 1. The fraction of sp³-hybridized carbons (Fsp3) is 0.412. The molecule has 0 unspecified atom stereocenters. The second-order valence-electron chi connectivity index (χ2n) is 6.32. The van der Waals surface area contributed by atoms with Gasteiger partial charge in [0.05, 0.1) is 22.6 Å². The number of fused-ring (bicyclic) bond motifs is 1. The zero-order valence-corrected chi connectivity index (χ0v) is 16.1. The molecule has 3 rings (SSSR count). The van der Waals surface area contributed by atoms with Crippen LogP contribution >= 0.6 is 11.3 Å². The van der Waals surface area contributed by atoms with Crippen LogP contribution in [0.3, 0.4) is 0 Å². The fourth-order valence-electron chi connectivity index (χ4n) is 3.18. The van der Waals surface area contributed by atoms with E-state index in [1.807, 2.05) is 19.2 Å². The first-order valence-electron chi connectivity index (χ1n) is 8.07. The number of carbonyl (C=O) groups excluding carboxylic acids is 1. The Hall–Kier alpha value is -1.93. The standard InChI is InChI=1S/C17H21N3O3S2/c1-11-8-14-9-13(4-5-16(14)20(11)25(3,22)23)17(21)18-7-6-15-10-24-12(2)19-15/h4-5,9-11H,6-8H2,1-3H3,(H,18,21)/t11-/m1/s1.